The maximum atomic E-state index is 4.74. The first kappa shape index (κ1) is 18.0. The molecule has 4 N–H and O–H groups in total. The highest BCUT2D eigenvalue weighted by Gasteiger charge is 2.21. The van der Waals surface area contributed by atoms with Crippen molar-refractivity contribution in [1.29, 1.82) is 0 Å². The van der Waals surface area contributed by atoms with Gasteiger partial charge in [0.1, 0.15) is 5.82 Å². The van der Waals surface area contributed by atoms with E-state index in [0.717, 1.165) is 76.5 Å². The maximum Gasteiger partial charge on any atom is 0.138 e. The summed E-state index contributed by atoms with van der Waals surface area (Å²) in [6.45, 7) is 4.10. The molecule has 8 nitrogen and oxygen atoms in total. The summed E-state index contributed by atoms with van der Waals surface area (Å²) in [5.74, 6) is 1.06. The summed E-state index contributed by atoms with van der Waals surface area (Å²) in [6, 6.07) is 10.7. The molecule has 1 fully saturated rings. The Morgan fingerprint density at radius 3 is 2.74 bits per heavy atom. The molecule has 1 saturated heterocycles. The molecule has 8 heteroatoms. The number of hydrogen-bond acceptors (Lipinski definition) is 6. The molecule has 0 saturated carbocycles. The molecule has 0 unspecified atom stereocenters. The standard InChI is InChI=1S/C23H24N8/c1-30-6-8-31(9-7-30)23-18-11-22(28-20(18)4-5-24-23)19-14-27-29-21-3-2-15(10-17(19)21)16-12-25-26-13-16/h2-5,10-14,27-29H,6-9H2,1H3,(H,25,26). The number of fused-ring (bicyclic) bond motifs is 2. The molecular weight excluding hydrogens is 388 g/mol. The summed E-state index contributed by atoms with van der Waals surface area (Å²) >= 11 is 0. The largest absolute Gasteiger partial charge is 0.354 e. The van der Waals surface area contributed by atoms with E-state index in [0.29, 0.717) is 0 Å². The predicted molar refractivity (Wildman–Crippen MR) is 124 cm³/mol. The molecule has 5 heterocycles. The number of hydrazine groups is 1. The molecule has 31 heavy (non-hydrogen) atoms. The first-order chi connectivity index (χ1) is 15.3. The molecule has 0 radical (unpaired) electrons. The minimum atomic E-state index is 0.994. The maximum absolute atomic E-state index is 4.74. The van der Waals surface area contributed by atoms with E-state index in [1.807, 2.05) is 24.8 Å². The van der Waals surface area contributed by atoms with Crippen LogP contribution >= 0.6 is 0 Å². The molecule has 0 aliphatic carbocycles. The highest BCUT2D eigenvalue weighted by Crippen LogP contribution is 2.36. The lowest BCUT2D eigenvalue weighted by Crippen LogP contribution is -2.44. The first-order valence-electron chi connectivity index (χ1n) is 10.5. The minimum Gasteiger partial charge on any atom is -0.354 e. The third-order valence-corrected chi connectivity index (χ3v) is 6.18. The van der Waals surface area contributed by atoms with Crippen LogP contribution < -0.4 is 15.8 Å². The summed E-state index contributed by atoms with van der Waals surface area (Å²) in [6.07, 6.45) is 7.67. The predicted octanol–water partition coefficient (Wildman–Crippen LogP) is 3.02. The number of anilines is 2. The minimum absolute atomic E-state index is 0.994. The molecule has 6 rings (SSSR count). The SMILES string of the molecule is CN1CCN(c2nccc3[nH]c(C4=CNNc5ccc(-c6cn[nH]c6)cc54)cc23)CC1. The zero-order chi connectivity index (χ0) is 20.8. The van der Waals surface area contributed by atoms with Crippen molar-refractivity contribution in [2.75, 3.05) is 43.6 Å². The van der Waals surface area contributed by atoms with E-state index in [1.54, 1.807) is 0 Å². The Morgan fingerprint density at radius 1 is 1.00 bits per heavy atom. The summed E-state index contributed by atoms with van der Waals surface area (Å²) in [4.78, 5) is 13.1. The average molecular weight is 413 g/mol. The molecule has 156 valence electrons. The number of benzene rings is 1. The van der Waals surface area contributed by atoms with Crippen molar-refractivity contribution in [3.05, 3.63) is 66.4 Å². The number of rotatable bonds is 3. The Hall–Kier alpha value is -3.78. The highest BCUT2D eigenvalue weighted by molar-refractivity contribution is 5.97. The summed E-state index contributed by atoms with van der Waals surface area (Å²) in [5, 5.41) is 8.14. The number of pyridine rings is 1. The normalized spacial score (nSPS) is 16.5. The van der Waals surface area contributed by atoms with Crippen LogP contribution in [0.25, 0.3) is 27.6 Å². The van der Waals surface area contributed by atoms with Crippen molar-refractivity contribution in [3.8, 4) is 11.1 Å². The Bertz CT molecular complexity index is 1260. The van der Waals surface area contributed by atoms with E-state index in [4.69, 9.17) is 4.98 Å². The van der Waals surface area contributed by atoms with Crippen molar-refractivity contribution in [2.45, 2.75) is 0 Å². The molecule has 0 atom stereocenters. The summed E-state index contributed by atoms with van der Waals surface area (Å²) < 4.78 is 0. The number of aromatic amines is 2. The van der Waals surface area contributed by atoms with Crippen LogP contribution in [-0.4, -0.2) is 58.3 Å². The number of aromatic nitrogens is 4. The number of hydrogen-bond donors (Lipinski definition) is 4. The molecule has 0 amide bonds. The van der Waals surface area contributed by atoms with Gasteiger partial charge in [0.25, 0.3) is 0 Å². The molecule has 0 spiro atoms. The van der Waals surface area contributed by atoms with Crippen LogP contribution in [0.5, 0.6) is 0 Å². The van der Waals surface area contributed by atoms with Gasteiger partial charge >= 0.3 is 0 Å². The first-order valence-corrected chi connectivity index (χ1v) is 10.5. The van der Waals surface area contributed by atoms with Crippen LogP contribution in [0.15, 0.2) is 55.1 Å². The molecule has 3 aromatic heterocycles. The summed E-state index contributed by atoms with van der Waals surface area (Å²) in [5.41, 5.74) is 14.1. The third kappa shape index (κ3) is 3.12. The van der Waals surface area contributed by atoms with Crippen LogP contribution in [-0.2, 0) is 0 Å². The van der Waals surface area contributed by atoms with Gasteiger partial charge in [0, 0.05) is 72.6 Å². The fourth-order valence-electron chi connectivity index (χ4n) is 4.41. The fraction of sp³-hybridized carbons (Fsp3) is 0.217. The van der Waals surface area contributed by atoms with Gasteiger partial charge < -0.3 is 25.6 Å². The van der Waals surface area contributed by atoms with E-state index in [-0.39, 0.29) is 0 Å². The smallest absolute Gasteiger partial charge is 0.138 e. The monoisotopic (exact) mass is 412 g/mol. The van der Waals surface area contributed by atoms with Crippen LogP contribution in [0, 0.1) is 0 Å². The highest BCUT2D eigenvalue weighted by atomic mass is 15.4. The number of nitrogens with zero attached hydrogens (tertiary/aromatic N) is 4. The second kappa shape index (κ2) is 7.17. The van der Waals surface area contributed by atoms with Crippen molar-refractivity contribution < 1.29 is 0 Å². The molecule has 2 aliphatic rings. The second-order valence-electron chi connectivity index (χ2n) is 8.14. The molecule has 1 aromatic carbocycles. The Balaban J connectivity index is 1.42. The lowest BCUT2D eigenvalue weighted by molar-refractivity contribution is 0.312. The average Bonchev–Trinajstić information content (AvgIpc) is 3.49. The summed E-state index contributed by atoms with van der Waals surface area (Å²) in [7, 11) is 2.17. The zero-order valence-corrected chi connectivity index (χ0v) is 17.3. The van der Waals surface area contributed by atoms with Gasteiger partial charge in [-0.2, -0.15) is 5.10 Å². The number of piperazine rings is 1. The van der Waals surface area contributed by atoms with E-state index in [9.17, 15) is 0 Å². The van der Waals surface area contributed by atoms with E-state index in [2.05, 4.69) is 73.2 Å². The fourth-order valence-corrected chi connectivity index (χ4v) is 4.41. The lowest BCUT2D eigenvalue weighted by Gasteiger charge is -2.33. The van der Waals surface area contributed by atoms with Gasteiger partial charge in [0.05, 0.1) is 17.4 Å². The topological polar surface area (TPSA) is 87.9 Å². The molecule has 2 aliphatic heterocycles. The van der Waals surface area contributed by atoms with Gasteiger partial charge in [-0.3, -0.25) is 5.10 Å². The van der Waals surface area contributed by atoms with Crippen LogP contribution in [0.3, 0.4) is 0 Å². The van der Waals surface area contributed by atoms with E-state index in [1.165, 1.54) is 0 Å². The Kier molecular flexibility index (Phi) is 4.17. The second-order valence-corrected chi connectivity index (χ2v) is 8.14. The molecular formula is C23H24N8. The van der Waals surface area contributed by atoms with Gasteiger partial charge in [0.15, 0.2) is 0 Å². The Labute approximate surface area is 179 Å². The van der Waals surface area contributed by atoms with Gasteiger partial charge in [-0.05, 0) is 36.9 Å². The van der Waals surface area contributed by atoms with Gasteiger partial charge in [-0.15, -0.1) is 0 Å². The van der Waals surface area contributed by atoms with Crippen molar-refractivity contribution >= 4 is 28.0 Å². The van der Waals surface area contributed by atoms with Crippen LogP contribution in [0.2, 0.25) is 0 Å². The van der Waals surface area contributed by atoms with Crippen molar-refractivity contribution in [2.24, 2.45) is 0 Å². The van der Waals surface area contributed by atoms with Crippen molar-refractivity contribution in [1.82, 2.24) is 30.5 Å². The third-order valence-electron chi connectivity index (χ3n) is 6.18. The lowest BCUT2D eigenvalue weighted by atomic mass is 9.96. The van der Waals surface area contributed by atoms with E-state index >= 15 is 0 Å². The number of H-pyrrole nitrogens is 2. The number of likely N-dealkylation sites (N-methyl/N-ethyl adjacent to an activating group) is 1. The molecule has 4 aromatic rings. The van der Waals surface area contributed by atoms with Gasteiger partial charge in [-0.25, -0.2) is 4.98 Å². The van der Waals surface area contributed by atoms with Crippen LogP contribution in [0.1, 0.15) is 11.3 Å². The molecule has 0 bridgehead atoms. The van der Waals surface area contributed by atoms with Gasteiger partial charge in [-0.1, -0.05) is 6.07 Å². The zero-order valence-electron chi connectivity index (χ0n) is 17.3. The van der Waals surface area contributed by atoms with Crippen LogP contribution in [0.4, 0.5) is 11.5 Å². The van der Waals surface area contributed by atoms with Crippen molar-refractivity contribution in [3.63, 3.8) is 0 Å². The van der Waals surface area contributed by atoms with Gasteiger partial charge in [0.2, 0.25) is 0 Å². The number of nitrogens with one attached hydrogen (secondary N) is 4. The Morgan fingerprint density at radius 2 is 1.90 bits per heavy atom. The van der Waals surface area contributed by atoms with E-state index < -0.39 is 0 Å². The quantitative estimate of drug-likeness (QED) is 0.414.